The Bertz CT molecular complexity index is 437. The van der Waals surface area contributed by atoms with Crippen molar-refractivity contribution in [2.24, 2.45) is 5.84 Å². The molecule has 110 valence electrons. The summed E-state index contributed by atoms with van der Waals surface area (Å²) >= 11 is 0. The summed E-state index contributed by atoms with van der Waals surface area (Å²) in [6.45, 7) is 9.62. The van der Waals surface area contributed by atoms with Crippen LogP contribution in [-0.2, 0) is 6.54 Å². The second kappa shape index (κ2) is 6.78. The highest BCUT2D eigenvalue weighted by Gasteiger charge is 2.19. The maximum atomic E-state index is 11.3. The van der Waals surface area contributed by atoms with Gasteiger partial charge >= 0.3 is 0 Å². The molecule has 0 atom stereocenters. The maximum Gasteiger partial charge on any atom is 0.266 e. The summed E-state index contributed by atoms with van der Waals surface area (Å²) in [5.74, 6) is 4.78. The minimum atomic E-state index is -0.311. The highest BCUT2D eigenvalue weighted by Crippen LogP contribution is 2.09. The minimum Gasteiger partial charge on any atom is -0.298 e. The average Bonchev–Trinajstić information content (AvgIpc) is 2.48. The van der Waals surface area contributed by atoms with Gasteiger partial charge in [-0.05, 0) is 26.0 Å². The van der Waals surface area contributed by atoms with Gasteiger partial charge in [0.1, 0.15) is 0 Å². The second-order valence-electron chi connectivity index (χ2n) is 5.42. The average molecular weight is 277 g/mol. The zero-order valence-corrected chi connectivity index (χ0v) is 12.2. The zero-order chi connectivity index (χ0) is 14.5. The van der Waals surface area contributed by atoms with E-state index < -0.39 is 0 Å². The molecule has 0 aromatic carbocycles. The molecule has 2 rings (SSSR count). The van der Waals surface area contributed by atoms with Crippen molar-refractivity contribution in [3.8, 4) is 0 Å². The van der Waals surface area contributed by atoms with Crippen LogP contribution in [0.15, 0.2) is 18.3 Å². The summed E-state index contributed by atoms with van der Waals surface area (Å²) in [4.78, 5) is 20.5. The van der Waals surface area contributed by atoms with Crippen molar-refractivity contribution >= 4 is 5.91 Å². The number of aromatic nitrogens is 1. The Kier molecular flexibility index (Phi) is 5.05. The summed E-state index contributed by atoms with van der Waals surface area (Å²) in [5.41, 5.74) is 3.57. The Morgan fingerprint density at radius 1 is 1.35 bits per heavy atom. The van der Waals surface area contributed by atoms with E-state index in [1.807, 2.05) is 6.07 Å². The van der Waals surface area contributed by atoms with Gasteiger partial charge in [-0.1, -0.05) is 0 Å². The van der Waals surface area contributed by atoms with Crippen LogP contribution in [0.2, 0.25) is 0 Å². The van der Waals surface area contributed by atoms with Crippen molar-refractivity contribution in [1.29, 1.82) is 0 Å². The highest BCUT2D eigenvalue weighted by atomic mass is 16.2. The summed E-state index contributed by atoms with van der Waals surface area (Å²) in [5, 5.41) is 0. The number of amides is 1. The number of nitrogens with zero attached hydrogens (tertiary/aromatic N) is 3. The van der Waals surface area contributed by atoms with Crippen LogP contribution in [0.3, 0.4) is 0 Å². The number of nitrogens with one attached hydrogen (secondary N) is 1. The number of hydrazine groups is 1. The third-order valence-electron chi connectivity index (χ3n) is 3.74. The van der Waals surface area contributed by atoms with Crippen molar-refractivity contribution in [2.75, 3.05) is 26.2 Å². The Morgan fingerprint density at radius 2 is 2.05 bits per heavy atom. The van der Waals surface area contributed by atoms with E-state index in [0.717, 1.165) is 38.4 Å². The van der Waals surface area contributed by atoms with E-state index in [1.54, 1.807) is 12.3 Å². The van der Waals surface area contributed by atoms with Crippen molar-refractivity contribution in [3.05, 3.63) is 29.6 Å². The predicted octanol–water partition coefficient (Wildman–Crippen LogP) is 0.211. The SMILES string of the molecule is CC(C)N1CCN(Cc2ccc(C(=O)NN)cn2)CC1. The molecule has 1 aromatic rings. The second-order valence-corrected chi connectivity index (χ2v) is 5.42. The Hall–Kier alpha value is -1.50. The number of nitrogen functional groups attached to an aromatic ring is 1. The van der Waals surface area contributed by atoms with Crippen molar-refractivity contribution in [3.63, 3.8) is 0 Å². The number of pyridine rings is 1. The molecule has 1 aromatic heterocycles. The van der Waals surface area contributed by atoms with Gasteiger partial charge in [0.15, 0.2) is 0 Å². The Balaban J connectivity index is 1.87. The van der Waals surface area contributed by atoms with Crippen LogP contribution in [0.1, 0.15) is 29.9 Å². The molecule has 0 unspecified atom stereocenters. The van der Waals surface area contributed by atoms with E-state index in [4.69, 9.17) is 5.84 Å². The van der Waals surface area contributed by atoms with Gasteiger partial charge in [-0.2, -0.15) is 0 Å². The number of nitrogens with two attached hydrogens (primary N) is 1. The molecule has 0 saturated carbocycles. The topological polar surface area (TPSA) is 74.5 Å². The summed E-state index contributed by atoms with van der Waals surface area (Å²) in [6.07, 6.45) is 1.57. The van der Waals surface area contributed by atoms with Gasteiger partial charge in [-0.3, -0.25) is 25.0 Å². The fraction of sp³-hybridized carbons (Fsp3) is 0.571. The van der Waals surface area contributed by atoms with Gasteiger partial charge < -0.3 is 0 Å². The van der Waals surface area contributed by atoms with Crippen molar-refractivity contribution < 1.29 is 4.79 Å². The van der Waals surface area contributed by atoms with Crippen LogP contribution >= 0.6 is 0 Å². The highest BCUT2D eigenvalue weighted by molar-refractivity contribution is 5.93. The maximum absolute atomic E-state index is 11.3. The predicted molar refractivity (Wildman–Crippen MR) is 77.9 cm³/mol. The molecule has 1 aliphatic rings. The molecule has 1 aliphatic heterocycles. The summed E-state index contributed by atoms with van der Waals surface area (Å²) in [6, 6.07) is 4.26. The molecular formula is C14H23N5O. The third-order valence-corrected chi connectivity index (χ3v) is 3.74. The quantitative estimate of drug-likeness (QED) is 0.467. The molecule has 0 bridgehead atoms. The number of hydrogen-bond acceptors (Lipinski definition) is 5. The number of carbonyl (C=O) groups excluding carboxylic acids is 1. The number of hydrogen-bond donors (Lipinski definition) is 2. The third kappa shape index (κ3) is 3.75. The lowest BCUT2D eigenvalue weighted by Crippen LogP contribution is -2.48. The van der Waals surface area contributed by atoms with Gasteiger partial charge in [0.25, 0.3) is 5.91 Å². The first-order valence-electron chi connectivity index (χ1n) is 7.02. The lowest BCUT2D eigenvalue weighted by molar-refractivity contribution is 0.0953. The molecule has 1 fully saturated rings. The fourth-order valence-corrected chi connectivity index (χ4v) is 2.40. The normalized spacial score (nSPS) is 17.4. The van der Waals surface area contributed by atoms with E-state index in [9.17, 15) is 4.79 Å². The molecule has 0 aliphatic carbocycles. The monoisotopic (exact) mass is 277 g/mol. The van der Waals surface area contributed by atoms with E-state index in [0.29, 0.717) is 11.6 Å². The van der Waals surface area contributed by atoms with Crippen molar-refractivity contribution in [1.82, 2.24) is 20.2 Å². The lowest BCUT2D eigenvalue weighted by Gasteiger charge is -2.36. The first-order valence-corrected chi connectivity index (χ1v) is 7.02. The molecule has 6 heteroatoms. The molecule has 3 N–H and O–H groups in total. The first-order chi connectivity index (χ1) is 9.60. The van der Waals surface area contributed by atoms with Crippen molar-refractivity contribution in [2.45, 2.75) is 26.4 Å². The molecule has 6 nitrogen and oxygen atoms in total. The Morgan fingerprint density at radius 3 is 2.55 bits per heavy atom. The fourth-order valence-electron chi connectivity index (χ4n) is 2.40. The lowest BCUT2D eigenvalue weighted by atomic mass is 10.2. The minimum absolute atomic E-state index is 0.311. The van der Waals surface area contributed by atoms with Gasteiger partial charge in [0.05, 0.1) is 11.3 Å². The van der Waals surface area contributed by atoms with Crippen LogP contribution in [0, 0.1) is 0 Å². The molecule has 1 amide bonds. The first kappa shape index (κ1) is 14.9. The van der Waals surface area contributed by atoms with E-state index in [2.05, 4.69) is 34.1 Å². The van der Waals surface area contributed by atoms with Gasteiger partial charge in [-0.25, -0.2) is 5.84 Å². The largest absolute Gasteiger partial charge is 0.298 e. The summed E-state index contributed by atoms with van der Waals surface area (Å²) < 4.78 is 0. The van der Waals surface area contributed by atoms with E-state index >= 15 is 0 Å². The summed E-state index contributed by atoms with van der Waals surface area (Å²) in [7, 11) is 0. The van der Waals surface area contributed by atoms with Crippen LogP contribution in [0.5, 0.6) is 0 Å². The van der Waals surface area contributed by atoms with Crippen LogP contribution in [0.4, 0.5) is 0 Å². The molecule has 0 radical (unpaired) electrons. The molecular weight excluding hydrogens is 254 g/mol. The van der Waals surface area contributed by atoms with E-state index in [-0.39, 0.29) is 5.91 Å². The zero-order valence-electron chi connectivity index (χ0n) is 12.2. The van der Waals surface area contributed by atoms with Gasteiger partial charge in [-0.15, -0.1) is 0 Å². The number of rotatable bonds is 4. The van der Waals surface area contributed by atoms with Crippen LogP contribution in [-0.4, -0.2) is 52.9 Å². The van der Waals surface area contributed by atoms with Crippen LogP contribution < -0.4 is 11.3 Å². The Labute approximate surface area is 119 Å². The molecule has 2 heterocycles. The molecule has 0 spiro atoms. The van der Waals surface area contributed by atoms with Gasteiger partial charge in [0.2, 0.25) is 0 Å². The smallest absolute Gasteiger partial charge is 0.266 e. The number of carbonyl (C=O) groups is 1. The van der Waals surface area contributed by atoms with Crippen LogP contribution in [0.25, 0.3) is 0 Å². The van der Waals surface area contributed by atoms with E-state index in [1.165, 1.54) is 0 Å². The van der Waals surface area contributed by atoms with Gasteiger partial charge in [0, 0.05) is 45.0 Å². The molecule has 1 saturated heterocycles. The molecule has 20 heavy (non-hydrogen) atoms. The standard InChI is InChI=1S/C14H23N5O/c1-11(2)19-7-5-18(6-8-19)10-13-4-3-12(9-16-13)14(20)17-15/h3-4,9,11H,5-8,10,15H2,1-2H3,(H,17,20). The number of piperazine rings is 1.